The quantitative estimate of drug-likeness (QED) is 0.554. The number of carboxylic acid groups (broad SMARTS) is 1. The molecule has 3 heterocycles. The summed E-state index contributed by atoms with van der Waals surface area (Å²) in [6, 6.07) is 8.95. The Morgan fingerprint density at radius 3 is 2.68 bits per heavy atom. The van der Waals surface area contributed by atoms with Crippen LogP contribution in [0.25, 0.3) is 22.3 Å². The minimum atomic E-state index is -0.938. The smallest absolute Gasteiger partial charge is 0.335 e. The molecule has 3 aromatic heterocycles. The number of aryl methyl sites for hydroxylation is 3. The number of rotatable bonds is 4. The molecule has 0 atom stereocenters. The molecule has 0 spiro atoms. The molecule has 1 N–H and O–H groups in total. The first kappa shape index (κ1) is 19.6. The highest BCUT2D eigenvalue weighted by Crippen LogP contribution is 2.29. The van der Waals surface area contributed by atoms with Gasteiger partial charge >= 0.3 is 5.97 Å². The Kier molecular flexibility index (Phi) is 5.20. The van der Waals surface area contributed by atoms with Gasteiger partial charge in [0.15, 0.2) is 5.65 Å². The van der Waals surface area contributed by atoms with E-state index in [2.05, 4.69) is 15.1 Å². The van der Waals surface area contributed by atoms with Gasteiger partial charge in [0.25, 0.3) is 0 Å². The zero-order valence-corrected chi connectivity index (χ0v) is 16.4. The molecule has 0 aliphatic heterocycles. The molecule has 28 heavy (non-hydrogen) atoms. The third-order valence-electron chi connectivity index (χ3n) is 4.63. The Labute approximate surface area is 167 Å². The van der Waals surface area contributed by atoms with E-state index in [4.69, 9.17) is 4.52 Å². The van der Waals surface area contributed by atoms with Crippen molar-refractivity contribution in [1.29, 1.82) is 0 Å². The van der Waals surface area contributed by atoms with E-state index >= 15 is 0 Å². The van der Waals surface area contributed by atoms with Crippen LogP contribution in [0.2, 0.25) is 0 Å². The van der Waals surface area contributed by atoms with E-state index < -0.39 is 5.97 Å². The molecule has 0 aliphatic rings. The lowest BCUT2D eigenvalue weighted by Crippen LogP contribution is -2.04. The van der Waals surface area contributed by atoms with Crippen molar-refractivity contribution in [3.63, 3.8) is 0 Å². The monoisotopic (exact) mass is 398 g/mol. The zero-order chi connectivity index (χ0) is 19.1. The number of pyridine rings is 1. The van der Waals surface area contributed by atoms with E-state index in [-0.39, 0.29) is 18.0 Å². The number of halogens is 1. The van der Waals surface area contributed by atoms with Crippen LogP contribution in [0.1, 0.15) is 33.2 Å². The SMILES string of the molecule is Cc1noc(C)c1-c1cnc2nc(C)n(Cc3cccc(C(=O)O)c3)c2c1.Cl. The molecule has 0 fully saturated rings. The highest BCUT2D eigenvalue weighted by Gasteiger charge is 2.16. The van der Waals surface area contributed by atoms with Crippen LogP contribution in [0.3, 0.4) is 0 Å². The van der Waals surface area contributed by atoms with Gasteiger partial charge in [-0.25, -0.2) is 14.8 Å². The molecule has 4 rings (SSSR count). The Morgan fingerprint density at radius 2 is 2.00 bits per heavy atom. The number of aromatic carboxylic acids is 1. The number of hydrogen-bond acceptors (Lipinski definition) is 5. The Hall–Kier alpha value is -3.19. The van der Waals surface area contributed by atoms with Crippen molar-refractivity contribution in [2.75, 3.05) is 0 Å². The summed E-state index contributed by atoms with van der Waals surface area (Å²) in [7, 11) is 0. The number of carbonyl (C=O) groups is 1. The molecule has 0 unspecified atom stereocenters. The van der Waals surface area contributed by atoms with Crippen molar-refractivity contribution in [1.82, 2.24) is 19.7 Å². The van der Waals surface area contributed by atoms with Gasteiger partial charge in [0.1, 0.15) is 11.6 Å². The van der Waals surface area contributed by atoms with Gasteiger partial charge in [-0.2, -0.15) is 0 Å². The summed E-state index contributed by atoms with van der Waals surface area (Å²) in [6.07, 6.45) is 1.77. The Balaban J connectivity index is 0.00000225. The summed E-state index contributed by atoms with van der Waals surface area (Å²) >= 11 is 0. The minimum Gasteiger partial charge on any atom is -0.478 e. The molecule has 4 aromatic rings. The van der Waals surface area contributed by atoms with Crippen LogP contribution in [0.4, 0.5) is 0 Å². The van der Waals surface area contributed by atoms with Crippen LogP contribution in [0, 0.1) is 20.8 Å². The number of aromatic nitrogens is 4. The van der Waals surface area contributed by atoms with E-state index in [0.717, 1.165) is 39.5 Å². The van der Waals surface area contributed by atoms with Crippen LogP contribution in [0.5, 0.6) is 0 Å². The average Bonchev–Trinajstić information content (AvgIpc) is 3.14. The van der Waals surface area contributed by atoms with Gasteiger partial charge in [-0.05, 0) is 44.5 Å². The normalized spacial score (nSPS) is 10.8. The van der Waals surface area contributed by atoms with E-state index in [1.807, 2.05) is 37.5 Å². The predicted octanol–water partition coefficient (Wildman–Crippen LogP) is 4.18. The van der Waals surface area contributed by atoms with Gasteiger partial charge in [0.05, 0.1) is 16.8 Å². The number of fused-ring (bicyclic) bond motifs is 1. The van der Waals surface area contributed by atoms with Gasteiger partial charge in [0, 0.05) is 23.9 Å². The van der Waals surface area contributed by atoms with Gasteiger partial charge in [0.2, 0.25) is 0 Å². The maximum atomic E-state index is 11.2. The maximum Gasteiger partial charge on any atom is 0.335 e. The fraction of sp³-hybridized carbons (Fsp3) is 0.200. The maximum absolute atomic E-state index is 11.2. The minimum absolute atomic E-state index is 0. The van der Waals surface area contributed by atoms with Crippen molar-refractivity contribution < 1.29 is 14.4 Å². The summed E-state index contributed by atoms with van der Waals surface area (Å²) < 4.78 is 7.31. The number of benzene rings is 1. The highest BCUT2D eigenvalue weighted by molar-refractivity contribution is 5.87. The van der Waals surface area contributed by atoms with Gasteiger partial charge < -0.3 is 14.2 Å². The molecule has 144 valence electrons. The summed E-state index contributed by atoms with van der Waals surface area (Å²) in [5.41, 5.74) is 5.35. The zero-order valence-electron chi connectivity index (χ0n) is 15.6. The van der Waals surface area contributed by atoms with Crippen molar-refractivity contribution in [2.45, 2.75) is 27.3 Å². The standard InChI is InChI=1S/C20H18N4O3.ClH/c1-11-18(12(2)27-23-11)16-8-17-19(21-9-16)22-13(3)24(17)10-14-5-4-6-15(7-14)20(25)26;/h4-9H,10H2,1-3H3,(H,25,26);1H. The first-order chi connectivity index (χ1) is 12.9. The van der Waals surface area contributed by atoms with Crippen LogP contribution >= 0.6 is 12.4 Å². The average molecular weight is 399 g/mol. The first-order valence-corrected chi connectivity index (χ1v) is 8.52. The lowest BCUT2D eigenvalue weighted by molar-refractivity contribution is 0.0696. The van der Waals surface area contributed by atoms with Crippen molar-refractivity contribution >= 4 is 29.5 Å². The topological polar surface area (TPSA) is 94.0 Å². The van der Waals surface area contributed by atoms with E-state index in [9.17, 15) is 9.90 Å². The number of hydrogen-bond donors (Lipinski definition) is 1. The van der Waals surface area contributed by atoms with Gasteiger partial charge in [-0.15, -0.1) is 12.4 Å². The molecule has 0 amide bonds. The second-order valence-electron chi connectivity index (χ2n) is 6.52. The van der Waals surface area contributed by atoms with E-state index in [1.54, 1.807) is 24.4 Å². The van der Waals surface area contributed by atoms with Crippen LogP contribution < -0.4 is 0 Å². The van der Waals surface area contributed by atoms with E-state index in [1.165, 1.54) is 0 Å². The highest BCUT2D eigenvalue weighted by atomic mass is 35.5. The molecule has 0 saturated carbocycles. The summed E-state index contributed by atoms with van der Waals surface area (Å²) in [6.45, 7) is 6.20. The van der Waals surface area contributed by atoms with Crippen LogP contribution in [-0.2, 0) is 6.54 Å². The molecular formula is C20H19ClN4O3. The Morgan fingerprint density at radius 1 is 1.21 bits per heavy atom. The second kappa shape index (κ2) is 7.44. The Bertz CT molecular complexity index is 1160. The molecule has 7 nitrogen and oxygen atoms in total. The van der Waals surface area contributed by atoms with Crippen LogP contribution in [-0.4, -0.2) is 30.8 Å². The molecule has 0 bridgehead atoms. The molecule has 0 aliphatic carbocycles. The molecular weight excluding hydrogens is 380 g/mol. The molecule has 0 radical (unpaired) electrons. The molecule has 0 saturated heterocycles. The number of imidazole rings is 1. The molecule has 8 heteroatoms. The van der Waals surface area contributed by atoms with Crippen molar-refractivity contribution in [2.24, 2.45) is 0 Å². The fourth-order valence-corrected chi connectivity index (χ4v) is 3.34. The summed E-state index contributed by atoms with van der Waals surface area (Å²) in [5.74, 6) is 0.617. The summed E-state index contributed by atoms with van der Waals surface area (Å²) in [4.78, 5) is 20.3. The number of nitrogens with zero attached hydrogens (tertiary/aromatic N) is 4. The third-order valence-corrected chi connectivity index (χ3v) is 4.63. The lowest BCUT2D eigenvalue weighted by atomic mass is 10.1. The first-order valence-electron chi connectivity index (χ1n) is 8.52. The largest absolute Gasteiger partial charge is 0.478 e. The third kappa shape index (κ3) is 3.36. The van der Waals surface area contributed by atoms with Gasteiger partial charge in [-0.1, -0.05) is 17.3 Å². The lowest BCUT2D eigenvalue weighted by Gasteiger charge is -2.08. The van der Waals surface area contributed by atoms with Gasteiger partial charge in [-0.3, -0.25) is 0 Å². The second-order valence-corrected chi connectivity index (χ2v) is 6.52. The van der Waals surface area contributed by atoms with Crippen LogP contribution in [0.15, 0.2) is 41.1 Å². The predicted molar refractivity (Wildman–Crippen MR) is 107 cm³/mol. The molecule has 1 aromatic carbocycles. The summed E-state index contributed by atoms with van der Waals surface area (Å²) in [5, 5.41) is 13.2. The van der Waals surface area contributed by atoms with Crippen molar-refractivity contribution in [3.05, 3.63) is 64.9 Å². The fourth-order valence-electron chi connectivity index (χ4n) is 3.34. The van der Waals surface area contributed by atoms with E-state index in [0.29, 0.717) is 12.2 Å². The van der Waals surface area contributed by atoms with Crippen molar-refractivity contribution in [3.8, 4) is 11.1 Å². The number of carboxylic acids is 1.